The quantitative estimate of drug-likeness (QED) is 0.389. The van der Waals surface area contributed by atoms with Gasteiger partial charge >= 0.3 is 12.3 Å². The van der Waals surface area contributed by atoms with Gasteiger partial charge in [-0.3, -0.25) is 4.79 Å². The van der Waals surface area contributed by atoms with Crippen LogP contribution in [0.2, 0.25) is 0 Å². The van der Waals surface area contributed by atoms with E-state index in [0.29, 0.717) is 22.5 Å². The summed E-state index contributed by atoms with van der Waals surface area (Å²) in [7, 11) is -3.89. The molecule has 0 radical (unpaired) electrons. The summed E-state index contributed by atoms with van der Waals surface area (Å²) in [5.74, 6) is -1.33. The minimum absolute atomic E-state index is 0.0153. The zero-order chi connectivity index (χ0) is 29.8. The van der Waals surface area contributed by atoms with Gasteiger partial charge in [0.05, 0.1) is 11.5 Å². The average Bonchev–Trinajstić information content (AvgIpc) is 3.57. The second kappa shape index (κ2) is 10.4. The first-order chi connectivity index (χ1) is 19.9. The summed E-state index contributed by atoms with van der Waals surface area (Å²) in [6, 6.07) is 7.33. The topological polar surface area (TPSA) is 119 Å². The van der Waals surface area contributed by atoms with Crippen molar-refractivity contribution in [2.45, 2.75) is 61.9 Å². The van der Waals surface area contributed by atoms with Gasteiger partial charge in [-0.05, 0) is 66.3 Å². The van der Waals surface area contributed by atoms with Gasteiger partial charge in [0.1, 0.15) is 15.9 Å². The predicted octanol–water partition coefficient (Wildman–Crippen LogP) is 4.34. The first-order valence-corrected chi connectivity index (χ1v) is 14.9. The Hall–Kier alpha value is -3.91. The number of sulfonamides is 1. The van der Waals surface area contributed by atoms with Gasteiger partial charge < -0.3 is 10.0 Å². The molecule has 1 aliphatic carbocycles. The van der Waals surface area contributed by atoms with Crippen LogP contribution in [0, 0.1) is 6.92 Å². The van der Waals surface area contributed by atoms with Crippen molar-refractivity contribution in [2.75, 3.05) is 18.0 Å². The molecule has 0 amide bonds. The number of benzene rings is 1. The Morgan fingerprint density at radius 3 is 2.83 bits per heavy atom. The summed E-state index contributed by atoms with van der Waals surface area (Å²) in [5, 5.41) is 16.6. The largest absolute Gasteiger partial charge is 0.583 e. The maximum absolute atomic E-state index is 13.8. The van der Waals surface area contributed by atoms with E-state index in [2.05, 4.69) is 20.2 Å². The van der Waals surface area contributed by atoms with Crippen LogP contribution in [0.15, 0.2) is 75.5 Å². The number of hydrogen-bond acceptors (Lipinski definition) is 7. The van der Waals surface area contributed by atoms with Crippen molar-refractivity contribution in [3.63, 3.8) is 0 Å². The number of halogens is 3. The monoisotopic (exact) mass is 601 g/mol. The molecule has 1 aromatic heterocycles. The van der Waals surface area contributed by atoms with E-state index in [1.807, 2.05) is 13.0 Å². The number of aliphatic carboxylic acids is 1. The second-order valence-electron chi connectivity index (χ2n) is 10.8. The maximum Gasteiger partial charge on any atom is 0.583 e. The number of nitrogens with zero attached hydrogens (tertiary/aromatic N) is 6. The number of fused-ring (bicyclic) bond motifs is 4. The fraction of sp³-hybridized carbons (Fsp3) is 0.393. The zero-order valence-corrected chi connectivity index (χ0v) is 23.4. The number of carboxylic acids is 1. The highest BCUT2D eigenvalue weighted by Crippen LogP contribution is 2.38. The molecule has 0 saturated carbocycles. The summed E-state index contributed by atoms with van der Waals surface area (Å²) < 4.78 is 69.0. The molecular weight excluding hydrogens is 573 g/mol. The molecule has 2 aromatic rings. The van der Waals surface area contributed by atoms with Crippen LogP contribution in [0.1, 0.15) is 41.9 Å². The molecule has 14 heteroatoms. The van der Waals surface area contributed by atoms with Crippen molar-refractivity contribution in [3.05, 3.63) is 77.0 Å². The van der Waals surface area contributed by atoms with E-state index < -0.39 is 34.3 Å². The van der Waals surface area contributed by atoms with Gasteiger partial charge in [-0.15, -0.1) is 13.2 Å². The van der Waals surface area contributed by atoms with Crippen molar-refractivity contribution in [2.24, 2.45) is 10.3 Å². The van der Waals surface area contributed by atoms with Crippen molar-refractivity contribution < 1.29 is 36.2 Å². The summed E-state index contributed by atoms with van der Waals surface area (Å²) in [6.07, 6.45) is 2.57. The molecule has 1 saturated heterocycles. The number of alkyl halides is 3. The van der Waals surface area contributed by atoms with Crippen LogP contribution in [-0.4, -0.2) is 70.7 Å². The highest BCUT2D eigenvalue weighted by molar-refractivity contribution is 7.89. The fourth-order valence-electron chi connectivity index (χ4n) is 6.08. The lowest BCUT2D eigenvalue weighted by molar-refractivity contribution is -0.761. The first-order valence-electron chi connectivity index (χ1n) is 13.5. The third kappa shape index (κ3) is 5.02. The van der Waals surface area contributed by atoms with Crippen LogP contribution in [-0.2, 0) is 21.4 Å². The van der Waals surface area contributed by atoms with E-state index in [9.17, 15) is 31.5 Å². The van der Waals surface area contributed by atoms with Crippen molar-refractivity contribution in [1.29, 1.82) is 0 Å². The van der Waals surface area contributed by atoms with Gasteiger partial charge in [0.15, 0.2) is 0 Å². The molecule has 10 nitrogen and oxygen atoms in total. The number of anilines is 1. The van der Waals surface area contributed by atoms with Crippen molar-refractivity contribution in [1.82, 2.24) is 9.29 Å². The molecule has 2 unspecified atom stereocenters. The van der Waals surface area contributed by atoms with Gasteiger partial charge in [0.2, 0.25) is 21.8 Å². The molecule has 3 atom stereocenters. The lowest BCUT2D eigenvalue weighted by Gasteiger charge is -2.26. The van der Waals surface area contributed by atoms with E-state index in [4.69, 9.17) is 0 Å². The number of hydrogen-bond donors (Lipinski definition) is 1. The van der Waals surface area contributed by atoms with Crippen LogP contribution >= 0.6 is 0 Å². The smallest absolute Gasteiger partial charge is 0.481 e. The number of aryl methyl sites for hydroxylation is 1. The summed E-state index contributed by atoms with van der Waals surface area (Å²) in [5.41, 5.74) is 2.68. The molecule has 42 heavy (non-hydrogen) atoms. The lowest BCUT2D eigenvalue weighted by atomic mass is 9.83. The number of allylic oxidation sites excluding steroid dienone is 2. The third-order valence-corrected chi connectivity index (χ3v) is 10.0. The minimum atomic E-state index is -4.71. The number of carboxylic acid groups (broad SMARTS) is 1. The SMILES string of the molecule is Cc1ccc(C(CC(=O)O)C2=CC3=NN=[N+](C(F)(F)F)C3C=C2)cc1CN1C[C@@H]2CCCN2c2ncccc2S1(=O)=O. The Balaban J connectivity index is 1.33. The minimum Gasteiger partial charge on any atom is -0.481 e. The van der Waals surface area contributed by atoms with Gasteiger partial charge in [0, 0.05) is 37.8 Å². The van der Waals surface area contributed by atoms with E-state index in [-0.39, 0.29) is 40.9 Å². The molecule has 1 aromatic carbocycles. The van der Waals surface area contributed by atoms with Crippen LogP contribution in [0.3, 0.4) is 0 Å². The molecule has 4 aliphatic rings. The highest BCUT2D eigenvalue weighted by Gasteiger charge is 2.51. The Kier molecular flexibility index (Phi) is 7.00. The second-order valence-corrected chi connectivity index (χ2v) is 12.7. The number of pyridine rings is 1. The summed E-state index contributed by atoms with van der Waals surface area (Å²) in [6.45, 7) is 2.95. The zero-order valence-electron chi connectivity index (χ0n) is 22.6. The predicted molar refractivity (Wildman–Crippen MR) is 146 cm³/mol. The first kappa shape index (κ1) is 28.2. The summed E-state index contributed by atoms with van der Waals surface area (Å²) in [4.78, 5) is 18.5. The van der Waals surface area contributed by atoms with Crippen LogP contribution < -0.4 is 4.90 Å². The van der Waals surface area contributed by atoms with Crippen LogP contribution in [0.5, 0.6) is 0 Å². The van der Waals surface area contributed by atoms with Gasteiger partial charge in [0.25, 0.3) is 0 Å². The summed E-state index contributed by atoms with van der Waals surface area (Å²) >= 11 is 0. The standard InChI is InChI=1S/C28H27F3N6O4S/c1-17-6-7-18(22(14-26(38)39)19-8-9-24-23(13-19)33-34-37(24)28(29,30)31)12-20(17)15-35-16-21-4-3-11-36(21)27-25(42(35,40)41)5-2-10-32-27/h2,5-10,12-13,21-22,24H,3-4,11,14-16H2,1H3/p+1/t21-,22?,24?/m0/s1. The third-order valence-electron chi connectivity index (χ3n) is 8.20. The highest BCUT2D eigenvalue weighted by atomic mass is 32.2. The van der Waals surface area contributed by atoms with Gasteiger partial charge in [-0.1, -0.05) is 29.0 Å². The molecule has 0 bridgehead atoms. The van der Waals surface area contributed by atoms with E-state index in [1.54, 1.807) is 30.5 Å². The Morgan fingerprint density at radius 1 is 1.26 bits per heavy atom. The van der Waals surface area contributed by atoms with Gasteiger partial charge in [-0.2, -0.15) is 4.31 Å². The van der Waals surface area contributed by atoms with E-state index >= 15 is 0 Å². The number of aromatic nitrogens is 1. The molecule has 1 N–H and O–H groups in total. The van der Waals surface area contributed by atoms with E-state index in [1.165, 1.54) is 22.5 Å². The Labute approximate surface area is 240 Å². The number of rotatable bonds is 6. The van der Waals surface area contributed by atoms with Crippen molar-refractivity contribution >= 4 is 27.5 Å². The molecular formula is C28H28F3N6O4S+. The van der Waals surface area contributed by atoms with Crippen molar-refractivity contribution in [3.8, 4) is 0 Å². The van der Waals surface area contributed by atoms with E-state index in [0.717, 1.165) is 24.9 Å². The maximum atomic E-state index is 13.8. The van der Waals surface area contributed by atoms with Gasteiger partial charge in [-0.25, -0.2) is 13.4 Å². The normalized spacial score (nSPS) is 23.7. The average molecular weight is 602 g/mol. The Bertz CT molecular complexity index is 1680. The fourth-order valence-corrected chi connectivity index (χ4v) is 7.68. The molecule has 3 aliphatic heterocycles. The molecule has 220 valence electrons. The van der Waals surface area contributed by atoms with Crippen LogP contribution in [0.4, 0.5) is 19.0 Å². The molecule has 1 fully saturated rings. The number of carbonyl (C=O) groups is 1. The lowest BCUT2D eigenvalue weighted by Crippen LogP contribution is -2.39. The Morgan fingerprint density at radius 2 is 2.07 bits per heavy atom. The molecule has 6 rings (SSSR count). The van der Waals surface area contributed by atoms with Crippen LogP contribution in [0.25, 0.3) is 0 Å². The molecule has 4 heterocycles. The molecule has 0 spiro atoms.